The maximum atomic E-state index is 10.6. The molecule has 68 heavy (non-hydrogen) atoms. The second kappa shape index (κ2) is 17.6. The van der Waals surface area contributed by atoms with Crippen molar-refractivity contribution in [2.24, 2.45) is 0 Å². The SMILES string of the molecule is N#Cc1ccc(-c2cc(-c3ccc(-c4ccc(-c5ccc(-n6c7ccccc7c7cc(N(c8ccccc8)c8ccccc8)ccc76)cc5C#N)cc4)cc3)nc(-c3ccc(C#N)cc3)n2)cc1. The van der Waals surface area contributed by atoms with Crippen molar-refractivity contribution in [2.45, 2.75) is 0 Å². The number of nitriles is 3. The molecule has 0 bridgehead atoms. The highest BCUT2D eigenvalue weighted by molar-refractivity contribution is 6.10. The van der Waals surface area contributed by atoms with Gasteiger partial charge in [-0.3, -0.25) is 0 Å². The molecule has 0 aliphatic heterocycles. The Bertz CT molecular complexity index is 3670. The topological polar surface area (TPSA) is 105 Å². The van der Waals surface area contributed by atoms with Gasteiger partial charge in [-0.15, -0.1) is 0 Å². The molecule has 0 radical (unpaired) electrons. The number of fused-ring (bicyclic) bond motifs is 3. The van der Waals surface area contributed by atoms with Gasteiger partial charge in [-0.05, 0) is 125 Å². The first kappa shape index (κ1) is 40.9. The summed E-state index contributed by atoms with van der Waals surface area (Å²) in [6, 6.07) is 82.1. The van der Waals surface area contributed by atoms with Gasteiger partial charge in [-0.2, -0.15) is 15.8 Å². The molecule has 9 aromatic carbocycles. The van der Waals surface area contributed by atoms with Crippen LogP contribution in [0.25, 0.3) is 83.6 Å². The molecule has 7 heteroatoms. The molecule has 0 fully saturated rings. The largest absolute Gasteiger partial charge is 0.310 e. The van der Waals surface area contributed by atoms with E-state index < -0.39 is 0 Å². The number of hydrogen-bond donors (Lipinski definition) is 0. The van der Waals surface area contributed by atoms with Crippen LogP contribution >= 0.6 is 0 Å². The van der Waals surface area contributed by atoms with Crippen LogP contribution in [0, 0.1) is 34.0 Å². The zero-order valence-electron chi connectivity index (χ0n) is 36.5. The Morgan fingerprint density at radius 1 is 0.368 bits per heavy atom. The highest BCUT2D eigenvalue weighted by Gasteiger charge is 2.19. The van der Waals surface area contributed by atoms with Crippen LogP contribution in [0.4, 0.5) is 17.1 Å². The summed E-state index contributed by atoms with van der Waals surface area (Å²) in [5, 5.41) is 31.6. The van der Waals surface area contributed by atoms with Crippen LogP contribution < -0.4 is 4.90 Å². The second-order valence-electron chi connectivity index (χ2n) is 16.4. The summed E-state index contributed by atoms with van der Waals surface area (Å²) >= 11 is 0. The zero-order chi connectivity index (χ0) is 46.0. The monoisotopic (exact) mass is 867 g/mol. The van der Waals surface area contributed by atoms with Crippen LogP contribution in [0.1, 0.15) is 16.7 Å². The van der Waals surface area contributed by atoms with Gasteiger partial charge in [0.15, 0.2) is 5.82 Å². The van der Waals surface area contributed by atoms with Crippen molar-refractivity contribution >= 4 is 38.9 Å². The third-order valence-corrected chi connectivity index (χ3v) is 12.3. The maximum Gasteiger partial charge on any atom is 0.160 e. The number of anilines is 3. The first-order valence-corrected chi connectivity index (χ1v) is 22.1. The van der Waals surface area contributed by atoms with Gasteiger partial charge < -0.3 is 9.47 Å². The van der Waals surface area contributed by atoms with E-state index in [9.17, 15) is 15.8 Å². The van der Waals surface area contributed by atoms with Gasteiger partial charge in [0.25, 0.3) is 0 Å². The molecule has 11 aromatic rings. The molecular formula is C61H37N7. The third-order valence-electron chi connectivity index (χ3n) is 12.3. The lowest BCUT2D eigenvalue weighted by molar-refractivity contribution is 1.18. The lowest BCUT2D eigenvalue weighted by Crippen LogP contribution is -2.09. The Balaban J connectivity index is 0.896. The van der Waals surface area contributed by atoms with Gasteiger partial charge in [0.05, 0.1) is 57.3 Å². The zero-order valence-corrected chi connectivity index (χ0v) is 36.5. The lowest BCUT2D eigenvalue weighted by atomic mass is 9.96. The van der Waals surface area contributed by atoms with Gasteiger partial charge in [-0.25, -0.2) is 9.97 Å². The van der Waals surface area contributed by atoms with Crippen LogP contribution in [0.3, 0.4) is 0 Å². The molecular weight excluding hydrogens is 831 g/mol. The van der Waals surface area contributed by atoms with Crippen LogP contribution in [0.2, 0.25) is 0 Å². The summed E-state index contributed by atoms with van der Waals surface area (Å²) < 4.78 is 2.25. The number of benzene rings is 9. The summed E-state index contributed by atoms with van der Waals surface area (Å²) in [4.78, 5) is 12.1. The normalized spacial score (nSPS) is 10.9. The number of nitrogens with zero attached hydrogens (tertiary/aromatic N) is 7. The number of para-hydroxylation sites is 3. The minimum absolute atomic E-state index is 0.537. The molecule has 0 atom stereocenters. The van der Waals surface area contributed by atoms with Crippen molar-refractivity contribution in [1.29, 1.82) is 15.8 Å². The fourth-order valence-corrected chi connectivity index (χ4v) is 8.95. The highest BCUT2D eigenvalue weighted by atomic mass is 15.1. The number of rotatable bonds is 9. The van der Waals surface area contributed by atoms with E-state index in [2.05, 4.69) is 179 Å². The van der Waals surface area contributed by atoms with Gasteiger partial charge in [-0.1, -0.05) is 121 Å². The third kappa shape index (κ3) is 7.67. The molecule has 7 nitrogen and oxygen atoms in total. The van der Waals surface area contributed by atoms with Crippen LogP contribution in [0.5, 0.6) is 0 Å². The molecule has 11 rings (SSSR count). The van der Waals surface area contributed by atoms with Crippen molar-refractivity contribution in [1.82, 2.24) is 14.5 Å². The van der Waals surface area contributed by atoms with Crippen molar-refractivity contribution in [3.8, 4) is 80.1 Å². The predicted octanol–water partition coefficient (Wildman–Crippen LogP) is 15.0. The van der Waals surface area contributed by atoms with E-state index in [1.807, 2.05) is 48.5 Å². The predicted molar refractivity (Wildman–Crippen MR) is 272 cm³/mol. The molecule has 2 heterocycles. The fraction of sp³-hybridized carbons (Fsp3) is 0. The van der Waals surface area contributed by atoms with Gasteiger partial charge >= 0.3 is 0 Å². The summed E-state index contributed by atoms with van der Waals surface area (Å²) in [6.45, 7) is 0. The fourth-order valence-electron chi connectivity index (χ4n) is 8.95. The Morgan fingerprint density at radius 2 is 0.868 bits per heavy atom. The average molecular weight is 868 g/mol. The van der Waals surface area contributed by atoms with Crippen molar-refractivity contribution in [2.75, 3.05) is 4.90 Å². The molecule has 0 saturated carbocycles. The second-order valence-corrected chi connectivity index (χ2v) is 16.4. The molecule has 0 spiro atoms. The molecule has 316 valence electrons. The van der Waals surface area contributed by atoms with E-state index in [-0.39, 0.29) is 0 Å². The van der Waals surface area contributed by atoms with Crippen molar-refractivity contribution in [3.63, 3.8) is 0 Å². The minimum Gasteiger partial charge on any atom is -0.310 e. The molecule has 0 saturated heterocycles. The smallest absolute Gasteiger partial charge is 0.160 e. The quantitative estimate of drug-likeness (QED) is 0.143. The molecule has 0 aliphatic carbocycles. The lowest BCUT2D eigenvalue weighted by Gasteiger charge is -2.25. The number of aromatic nitrogens is 3. The summed E-state index contributed by atoms with van der Waals surface area (Å²) in [7, 11) is 0. The molecule has 0 aliphatic rings. The summed E-state index contributed by atoms with van der Waals surface area (Å²) in [6.07, 6.45) is 0. The van der Waals surface area contributed by atoms with Crippen molar-refractivity contribution < 1.29 is 0 Å². The Morgan fingerprint density at radius 3 is 1.44 bits per heavy atom. The first-order valence-electron chi connectivity index (χ1n) is 22.1. The van der Waals surface area contributed by atoms with Gasteiger partial charge in [0.2, 0.25) is 0 Å². The summed E-state index contributed by atoms with van der Waals surface area (Å²) in [5.41, 5.74) is 15.9. The van der Waals surface area contributed by atoms with E-state index >= 15 is 0 Å². The van der Waals surface area contributed by atoms with Gasteiger partial charge in [0.1, 0.15) is 0 Å². The Hall–Kier alpha value is -9.87. The standard InChI is InChI=1S/C61H37N7/c62-38-41-15-19-46(20-16-41)57-37-58(66-61(65-57)48-21-17-42(39-63)18-22-48)47-29-25-44(26-30-47)43-23-27-45(28-24-43)54-33-31-52(35-49(54)40-64)68-59-14-8-7-13-55(59)56-36-53(32-34-60(56)68)67(50-9-3-1-4-10-50)51-11-5-2-6-12-51/h1-37H. The van der Waals surface area contributed by atoms with Crippen LogP contribution in [-0.2, 0) is 0 Å². The average Bonchev–Trinajstić information content (AvgIpc) is 3.75. The molecule has 0 unspecified atom stereocenters. The van der Waals surface area contributed by atoms with E-state index in [1.54, 1.807) is 24.3 Å². The molecule has 0 amide bonds. The highest BCUT2D eigenvalue weighted by Crippen LogP contribution is 2.40. The minimum atomic E-state index is 0.537. The van der Waals surface area contributed by atoms with E-state index in [0.717, 1.165) is 94.9 Å². The van der Waals surface area contributed by atoms with Crippen LogP contribution in [-0.4, -0.2) is 14.5 Å². The van der Waals surface area contributed by atoms with E-state index in [1.165, 1.54) is 0 Å². The van der Waals surface area contributed by atoms with Gasteiger partial charge in [0, 0.05) is 50.2 Å². The van der Waals surface area contributed by atoms with Crippen LogP contribution in [0.15, 0.2) is 224 Å². The summed E-state index contributed by atoms with van der Waals surface area (Å²) in [5.74, 6) is 0.537. The van der Waals surface area contributed by atoms with Crippen molar-refractivity contribution in [3.05, 3.63) is 241 Å². The molecule has 2 aromatic heterocycles. The maximum absolute atomic E-state index is 10.6. The Kier molecular flexibility index (Phi) is 10.6. The van der Waals surface area contributed by atoms with E-state index in [4.69, 9.17) is 9.97 Å². The number of hydrogen-bond acceptors (Lipinski definition) is 6. The first-order chi connectivity index (χ1) is 33.5. The Labute approximate surface area is 393 Å². The molecule has 0 N–H and O–H groups in total. The van der Waals surface area contributed by atoms with E-state index in [0.29, 0.717) is 22.5 Å².